The zero-order valence-electron chi connectivity index (χ0n) is 15.5. The number of hydrogen-bond donors (Lipinski definition) is 2. The summed E-state index contributed by atoms with van der Waals surface area (Å²) in [5.41, 5.74) is 0.966. The number of nitrogens with zero attached hydrogens (tertiary/aromatic N) is 1. The van der Waals surface area contributed by atoms with Gasteiger partial charge in [-0.3, -0.25) is 9.59 Å². The molecule has 9 heteroatoms. The van der Waals surface area contributed by atoms with Crippen LogP contribution in [0.15, 0.2) is 24.3 Å². The molecule has 0 unspecified atom stereocenters. The molecule has 1 heterocycles. The molecule has 0 radical (unpaired) electrons. The van der Waals surface area contributed by atoms with Gasteiger partial charge < -0.3 is 15.4 Å². The highest BCUT2D eigenvalue weighted by atomic mass is 32.2. The van der Waals surface area contributed by atoms with Crippen molar-refractivity contribution in [3.63, 3.8) is 0 Å². The smallest absolute Gasteiger partial charge is 0.235 e. The van der Waals surface area contributed by atoms with Gasteiger partial charge in [0.25, 0.3) is 0 Å². The summed E-state index contributed by atoms with van der Waals surface area (Å²) in [4.78, 5) is 24.5. The van der Waals surface area contributed by atoms with Gasteiger partial charge in [-0.05, 0) is 36.5 Å². The van der Waals surface area contributed by atoms with Crippen LogP contribution < -0.4 is 15.4 Å². The number of methoxy groups -OCH3 is 1. The van der Waals surface area contributed by atoms with Crippen LogP contribution in [0.2, 0.25) is 0 Å². The highest BCUT2D eigenvalue weighted by Gasteiger charge is 2.42. The molecule has 1 saturated carbocycles. The van der Waals surface area contributed by atoms with E-state index in [2.05, 4.69) is 10.6 Å². The predicted molar refractivity (Wildman–Crippen MR) is 99.4 cm³/mol. The second kappa shape index (κ2) is 7.85. The molecule has 0 bridgehead atoms. The van der Waals surface area contributed by atoms with E-state index in [9.17, 15) is 18.0 Å². The summed E-state index contributed by atoms with van der Waals surface area (Å²) in [5.74, 6) is 0.0828. The third kappa shape index (κ3) is 4.78. The number of nitrogens with one attached hydrogen (secondary N) is 2. The number of carbonyl (C=O) groups excluding carboxylic acids is 2. The van der Waals surface area contributed by atoms with Crippen LogP contribution in [0.3, 0.4) is 0 Å². The number of benzene rings is 1. The van der Waals surface area contributed by atoms with Crippen LogP contribution in [0.5, 0.6) is 5.75 Å². The van der Waals surface area contributed by atoms with Crippen molar-refractivity contribution >= 4 is 21.8 Å². The summed E-state index contributed by atoms with van der Waals surface area (Å²) in [7, 11) is -1.85. The SMILES string of the molecule is COc1ccc(CNC(=O)[C@H]2C[C@@H]3CN(S(C)(=O)=O)CC(=O)N[C@@H]3C2)cc1. The molecule has 1 aliphatic heterocycles. The van der Waals surface area contributed by atoms with Crippen molar-refractivity contribution in [2.45, 2.75) is 25.4 Å². The van der Waals surface area contributed by atoms with Crippen molar-refractivity contribution in [3.8, 4) is 5.75 Å². The van der Waals surface area contributed by atoms with Crippen molar-refractivity contribution in [3.05, 3.63) is 29.8 Å². The van der Waals surface area contributed by atoms with Crippen LogP contribution in [0, 0.1) is 11.8 Å². The third-order valence-electron chi connectivity index (χ3n) is 5.26. The molecule has 0 spiro atoms. The van der Waals surface area contributed by atoms with E-state index in [1.807, 2.05) is 24.3 Å². The van der Waals surface area contributed by atoms with E-state index in [-0.39, 0.29) is 42.8 Å². The van der Waals surface area contributed by atoms with E-state index in [1.165, 1.54) is 4.31 Å². The maximum Gasteiger partial charge on any atom is 0.235 e. The predicted octanol–water partition coefficient (Wildman–Crippen LogP) is 0.0976. The van der Waals surface area contributed by atoms with Crippen LogP contribution in [-0.2, 0) is 26.2 Å². The Bertz CT molecular complexity index is 809. The van der Waals surface area contributed by atoms with Crippen molar-refractivity contribution < 1.29 is 22.7 Å². The molecule has 1 aliphatic carbocycles. The summed E-state index contributed by atoms with van der Waals surface area (Å²) in [6.07, 6.45) is 2.20. The number of ether oxygens (including phenoxy) is 1. The van der Waals surface area contributed by atoms with Crippen molar-refractivity contribution in [2.75, 3.05) is 26.5 Å². The molecular formula is C18H25N3O5S. The second-order valence-corrected chi connectivity index (χ2v) is 9.21. The summed E-state index contributed by atoms with van der Waals surface area (Å²) in [6.45, 7) is 0.529. The fourth-order valence-corrected chi connectivity index (χ4v) is 4.60. The van der Waals surface area contributed by atoms with E-state index >= 15 is 0 Å². The topological polar surface area (TPSA) is 105 Å². The number of hydrogen-bond acceptors (Lipinski definition) is 5. The number of fused-ring (bicyclic) bond motifs is 1. The molecule has 1 saturated heterocycles. The summed E-state index contributed by atoms with van der Waals surface area (Å²) >= 11 is 0. The van der Waals surface area contributed by atoms with Crippen molar-refractivity contribution in [2.24, 2.45) is 11.8 Å². The van der Waals surface area contributed by atoms with Gasteiger partial charge in [0, 0.05) is 25.0 Å². The molecule has 1 aromatic rings. The van der Waals surface area contributed by atoms with Gasteiger partial charge in [0.1, 0.15) is 5.75 Å². The fourth-order valence-electron chi connectivity index (χ4n) is 3.79. The molecular weight excluding hydrogens is 370 g/mol. The van der Waals surface area contributed by atoms with Crippen LogP contribution in [0.1, 0.15) is 18.4 Å². The minimum absolute atomic E-state index is 0.0529. The Morgan fingerprint density at radius 1 is 1.30 bits per heavy atom. The highest BCUT2D eigenvalue weighted by molar-refractivity contribution is 7.88. The van der Waals surface area contributed by atoms with Gasteiger partial charge in [-0.25, -0.2) is 8.42 Å². The van der Waals surface area contributed by atoms with Gasteiger partial charge in [0.05, 0.1) is 19.9 Å². The molecule has 2 aliphatic rings. The van der Waals surface area contributed by atoms with E-state index < -0.39 is 10.0 Å². The fraction of sp³-hybridized carbons (Fsp3) is 0.556. The first-order valence-corrected chi connectivity index (χ1v) is 10.8. The van der Waals surface area contributed by atoms with Crippen LogP contribution in [0.25, 0.3) is 0 Å². The first kappa shape index (κ1) is 19.6. The van der Waals surface area contributed by atoms with Crippen LogP contribution >= 0.6 is 0 Å². The Kier molecular flexibility index (Phi) is 5.71. The van der Waals surface area contributed by atoms with Gasteiger partial charge in [-0.15, -0.1) is 0 Å². The quantitative estimate of drug-likeness (QED) is 0.736. The lowest BCUT2D eigenvalue weighted by Crippen LogP contribution is -2.39. The van der Waals surface area contributed by atoms with E-state index in [1.54, 1.807) is 7.11 Å². The van der Waals surface area contributed by atoms with Gasteiger partial charge in [-0.1, -0.05) is 12.1 Å². The molecule has 3 atom stereocenters. The maximum absolute atomic E-state index is 12.6. The number of carbonyl (C=O) groups is 2. The number of sulfonamides is 1. The maximum atomic E-state index is 12.6. The molecule has 0 aromatic heterocycles. The first-order valence-electron chi connectivity index (χ1n) is 8.91. The van der Waals surface area contributed by atoms with Gasteiger partial charge in [0.2, 0.25) is 21.8 Å². The van der Waals surface area contributed by atoms with Gasteiger partial charge in [-0.2, -0.15) is 4.31 Å². The van der Waals surface area contributed by atoms with Crippen molar-refractivity contribution in [1.82, 2.24) is 14.9 Å². The molecule has 2 N–H and O–H groups in total. The summed E-state index contributed by atoms with van der Waals surface area (Å²) < 4.78 is 30.0. The van der Waals surface area contributed by atoms with E-state index in [0.29, 0.717) is 19.4 Å². The molecule has 27 heavy (non-hydrogen) atoms. The van der Waals surface area contributed by atoms with Gasteiger partial charge in [0.15, 0.2) is 0 Å². The average Bonchev–Trinajstić information content (AvgIpc) is 2.93. The minimum Gasteiger partial charge on any atom is -0.497 e. The molecule has 148 valence electrons. The van der Waals surface area contributed by atoms with Crippen LogP contribution in [-0.4, -0.2) is 57.0 Å². The second-order valence-electron chi connectivity index (χ2n) is 7.22. The monoisotopic (exact) mass is 395 g/mol. The molecule has 2 amide bonds. The number of amides is 2. The lowest BCUT2D eigenvalue weighted by molar-refractivity contribution is -0.125. The molecule has 3 rings (SSSR count). The Balaban J connectivity index is 1.59. The first-order chi connectivity index (χ1) is 12.8. The summed E-state index contributed by atoms with van der Waals surface area (Å²) in [6, 6.07) is 7.29. The Morgan fingerprint density at radius 2 is 2.00 bits per heavy atom. The average molecular weight is 395 g/mol. The Labute approximate surface area is 159 Å². The lowest BCUT2D eigenvalue weighted by atomic mass is 10.0. The number of rotatable bonds is 5. The zero-order valence-corrected chi connectivity index (χ0v) is 16.3. The van der Waals surface area contributed by atoms with Crippen LogP contribution in [0.4, 0.5) is 0 Å². The van der Waals surface area contributed by atoms with E-state index in [4.69, 9.17) is 4.74 Å². The van der Waals surface area contributed by atoms with E-state index in [0.717, 1.165) is 17.6 Å². The minimum atomic E-state index is -3.45. The van der Waals surface area contributed by atoms with Crippen molar-refractivity contribution in [1.29, 1.82) is 0 Å². The molecule has 8 nitrogen and oxygen atoms in total. The van der Waals surface area contributed by atoms with Gasteiger partial charge >= 0.3 is 0 Å². The lowest BCUT2D eigenvalue weighted by Gasteiger charge is -2.20. The standard InChI is InChI=1S/C18H25N3O5S/c1-26-15-5-3-12(4-6-15)9-19-18(23)13-7-14-10-21(27(2,24)25)11-17(22)20-16(14)8-13/h3-6,13-14,16H,7-11H2,1-2H3,(H,19,23)(H,20,22)/t13-,14+,16+/m0/s1. The highest BCUT2D eigenvalue weighted by Crippen LogP contribution is 2.34. The Morgan fingerprint density at radius 3 is 2.63 bits per heavy atom. The molecule has 2 fully saturated rings. The Hall–Kier alpha value is -2.13. The third-order valence-corrected chi connectivity index (χ3v) is 6.48. The normalized spacial score (nSPS) is 26.0. The summed E-state index contributed by atoms with van der Waals surface area (Å²) in [5, 5.41) is 5.81. The largest absolute Gasteiger partial charge is 0.497 e. The zero-order chi connectivity index (χ0) is 19.6. The molecule has 1 aromatic carbocycles.